The third-order valence-electron chi connectivity index (χ3n) is 0.737. The zero-order chi connectivity index (χ0) is 6.41. The minimum absolute atomic E-state index is 0.136. The van der Waals surface area contributed by atoms with E-state index < -0.39 is 0 Å². The molecule has 44 valence electrons. The molecule has 2 nitrogen and oxygen atoms in total. The van der Waals surface area contributed by atoms with Crippen LogP contribution in [0.15, 0.2) is 17.6 Å². The van der Waals surface area contributed by atoms with Crippen LogP contribution in [0, 0.1) is 5.41 Å². The van der Waals surface area contributed by atoms with Crippen molar-refractivity contribution in [2.45, 2.75) is 13.0 Å². The SMILES string of the molecule is C=CC(C)/N=C\C=N. The van der Waals surface area contributed by atoms with Crippen LogP contribution in [0.2, 0.25) is 0 Å². The summed E-state index contributed by atoms with van der Waals surface area (Å²) in [6.45, 7) is 5.43. The average molecular weight is 110 g/mol. The molecule has 0 spiro atoms. The Morgan fingerprint density at radius 3 is 2.75 bits per heavy atom. The van der Waals surface area contributed by atoms with Gasteiger partial charge in [0.25, 0.3) is 0 Å². The number of hydrogen-bond donors (Lipinski definition) is 1. The highest BCUT2D eigenvalue weighted by molar-refractivity contribution is 6.14. The molecule has 0 saturated carbocycles. The number of hydrogen-bond acceptors (Lipinski definition) is 2. The minimum Gasteiger partial charge on any atom is -0.307 e. The summed E-state index contributed by atoms with van der Waals surface area (Å²) in [6, 6.07) is 0.136. The van der Waals surface area contributed by atoms with Crippen molar-refractivity contribution in [1.29, 1.82) is 5.41 Å². The molecule has 0 bridgehead atoms. The van der Waals surface area contributed by atoms with Crippen molar-refractivity contribution in [3.8, 4) is 0 Å². The van der Waals surface area contributed by atoms with E-state index in [0.29, 0.717) is 0 Å². The molecule has 0 heterocycles. The van der Waals surface area contributed by atoms with Gasteiger partial charge >= 0.3 is 0 Å². The molecule has 0 amide bonds. The summed E-state index contributed by atoms with van der Waals surface area (Å²) in [7, 11) is 0. The average Bonchev–Trinajstić information content (AvgIpc) is 1.83. The van der Waals surface area contributed by atoms with Crippen molar-refractivity contribution < 1.29 is 0 Å². The molecule has 2 heteroatoms. The number of nitrogens with zero attached hydrogens (tertiary/aromatic N) is 1. The number of nitrogens with one attached hydrogen (secondary N) is 1. The van der Waals surface area contributed by atoms with E-state index in [1.54, 1.807) is 6.08 Å². The fraction of sp³-hybridized carbons (Fsp3) is 0.333. The normalized spacial score (nSPS) is 13.6. The van der Waals surface area contributed by atoms with E-state index in [0.717, 1.165) is 6.21 Å². The smallest absolute Gasteiger partial charge is 0.0649 e. The molecule has 1 atom stereocenters. The zero-order valence-electron chi connectivity index (χ0n) is 4.96. The largest absolute Gasteiger partial charge is 0.307 e. The lowest BCUT2D eigenvalue weighted by Gasteiger charge is -1.91. The molecular formula is C6H10N2. The summed E-state index contributed by atoms with van der Waals surface area (Å²) < 4.78 is 0. The van der Waals surface area contributed by atoms with Gasteiger partial charge in [-0.15, -0.1) is 6.58 Å². The highest BCUT2D eigenvalue weighted by Gasteiger charge is 1.82. The Kier molecular flexibility index (Phi) is 3.76. The van der Waals surface area contributed by atoms with Crippen molar-refractivity contribution in [3.05, 3.63) is 12.7 Å². The summed E-state index contributed by atoms with van der Waals surface area (Å²) in [5.74, 6) is 0. The van der Waals surface area contributed by atoms with Gasteiger partial charge in [-0.1, -0.05) is 6.08 Å². The van der Waals surface area contributed by atoms with Gasteiger partial charge in [0.2, 0.25) is 0 Å². The van der Waals surface area contributed by atoms with Gasteiger partial charge in [-0.2, -0.15) is 0 Å². The molecule has 0 aromatic carbocycles. The van der Waals surface area contributed by atoms with Gasteiger partial charge in [0, 0.05) is 12.4 Å². The van der Waals surface area contributed by atoms with Crippen LogP contribution < -0.4 is 0 Å². The van der Waals surface area contributed by atoms with Gasteiger partial charge in [0.05, 0.1) is 6.04 Å². The van der Waals surface area contributed by atoms with Crippen LogP contribution in [0.25, 0.3) is 0 Å². The van der Waals surface area contributed by atoms with E-state index in [9.17, 15) is 0 Å². The van der Waals surface area contributed by atoms with Crippen molar-refractivity contribution >= 4 is 12.4 Å². The van der Waals surface area contributed by atoms with Gasteiger partial charge in [0.1, 0.15) is 0 Å². The third kappa shape index (κ3) is 3.28. The number of aliphatic imine (C=N–C) groups is 1. The molecular weight excluding hydrogens is 100 g/mol. The quantitative estimate of drug-likeness (QED) is 0.419. The van der Waals surface area contributed by atoms with Crippen LogP contribution in [0.5, 0.6) is 0 Å². The fourth-order valence-electron chi connectivity index (χ4n) is 0.240. The van der Waals surface area contributed by atoms with Crippen molar-refractivity contribution in [2.75, 3.05) is 0 Å². The standard InChI is InChI=1S/C6H10N2/c1-3-6(2)8-5-4-7/h3-7H,1H2,2H3/b7-4?,8-5-. The van der Waals surface area contributed by atoms with E-state index in [2.05, 4.69) is 11.6 Å². The molecule has 0 radical (unpaired) electrons. The summed E-state index contributed by atoms with van der Waals surface area (Å²) in [5, 5.41) is 6.56. The topological polar surface area (TPSA) is 36.2 Å². The molecule has 0 rings (SSSR count). The Morgan fingerprint density at radius 1 is 1.75 bits per heavy atom. The molecule has 8 heavy (non-hydrogen) atoms. The first-order valence-electron chi connectivity index (χ1n) is 2.46. The van der Waals surface area contributed by atoms with Gasteiger partial charge in [-0.05, 0) is 6.92 Å². The molecule has 0 aromatic heterocycles. The molecule has 0 aliphatic carbocycles. The molecule has 0 aliphatic heterocycles. The Morgan fingerprint density at radius 2 is 2.38 bits per heavy atom. The van der Waals surface area contributed by atoms with Gasteiger partial charge < -0.3 is 5.41 Å². The summed E-state index contributed by atoms with van der Waals surface area (Å²) in [6.07, 6.45) is 4.33. The van der Waals surface area contributed by atoms with Crippen LogP contribution in [-0.2, 0) is 0 Å². The first kappa shape index (κ1) is 7.08. The van der Waals surface area contributed by atoms with Gasteiger partial charge in [-0.3, -0.25) is 4.99 Å². The Bertz CT molecular complexity index is 105. The second-order valence-electron chi connectivity index (χ2n) is 1.44. The highest BCUT2D eigenvalue weighted by Crippen LogP contribution is 1.85. The molecule has 0 aromatic rings. The van der Waals surface area contributed by atoms with Crippen LogP contribution in [0.1, 0.15) is 6.92 Å². The Hall–Kier alpha value is -0.920. The molecule has 1 unspecified atom stereocenters. The molecule has 1 N–H and O–H groups in total. The maximum absolute atomic E-state index is 6.56. The molecule has 0 aliphatic rings. The first-order chi connectivity index (χ1) is 3.81. The van der Waals surface area contributed by atoms with Crippen LogP contribution in [0.4, 0.5) is 0 Å². The lowest BCUT2D eigenvalue weighted by Crippen LogP contribution is -1.90. The molecule has 0 saturated heterocycles. The minimum atomic E-state index is 0.136. The fourth-order valence-corrected chi connectivity index (χ4v) is 0.240. The zero-order valence-corrected chi connectivity index (χ0v) is 4.96. The maximum atomic E-state index is 6.56. The third-order valence-corrected chi connectivity index (χ3v) is 0.737. The van der Waals surface area contributed by atoms with Crippen LogP contribution in [-0.4, -0.2) is 18.5 Å². The predicted octanol–water partition coefficient (Wildman–Crippen LogP) is 1.28. The van der Waals surface area contributed by atoms with Crippen LogP contribution in [0.3, 0.4) is 0 Å². The van der Waals surface area contributed by atoms with Crippen molar-refractivity contribution in [2.24, 2.45) is 4.99 Å². The lowest BCUT2D eigenvalue weighted by atomic mass is 10.4. The predicted molar refractivity (Wildman–Crippen MR) is 36.9 cm³/mol. The second-order valence-corrected chi connectivity index (χ2v) is 1.44. The van der Waals surface area contributed by atoms with Crippen molar-refractivity contribution in [3.63, 3.8) is 0 Å². The van der Waals surface area contributed by atoms with Gasteiger partial charge in [0.15, 0.2) is 0 Å². The summed E-state index contributed by atoms with van der Waals surface area (Å²) in [4.78, 5) is 3.88. The lowest BCUT2D eigenvalue weighted by molar-refractivity contribution is 0.938. The van der Waals surface area contributed by atoms with E-state index in [1.165, 1.54) is 6.21 Å². The van der Waals surface area contributed by atoms with E-state index >= 15 is 0 Å². The monoisotopic (exact) mass is 110 g/mol. The maximum Gasteiger partial charge on any atom is 0.0649 e. The number of rotatable bonds is 3. The first-order valence-corrected chi connectivity index (χ1v) is 2.46. The van der Waals surface area contributed by atoms with E-state index in [4.69, 9.17) is 5.41 Å². The summed E-state index contributed by atoms with van der Waals surface area (Å²) >= 11 is 0. The van der Waals surface area contributed by atoms with Gasteiger partial charge in [-0.25, -0.2) is 0 Å². The second kappa shape index (κ2) is 4.24. The molecule has 0 fully saturated rings. The van der Waals surface area contributed by atoms with E-state index in [-0.39, 0.29) is 6.04 Å². The highest BCUT2D eigenvalue weighted by atomic mass is 14.7. The summed E-state index contributed by atoms with van der Waals surface area (Å²) in [5.41, 5.74) is 0. The van der Waals surface area contributed by atoms with E-state index in [1.807, 2.05) is 6.92 Å². The van der Waals surface area contributed by atoms with Crippen molar-refractivity contribution in [1.82, 2.24) is 0 Å². The van der Waals surface area contributed by atoms with Crippen LogP contribution >= 0.6 is 0 Å². The Balaban J connectivity index is 3.50. The Labute approximate surface area is 49.5 Å².